The number of hydrogen-bond acceptors (Lipinski definition) is 10. The maximum Gasteiger partial charge on any atom is 0.407 e. The van der Waals surface area contributed by atoms with Crippen LogP contribution in [0.2, 0.25) is 0 Å². The Morgan fingerprint density at radius 2 is 1.77 bits per heavy atom. The van der Waals surface area contributed by atoms with E-state index in [1.165, 1.54) is 16.4 Å². The van der Waals surface area contributed by atoms with E-state index >= 15 is 0 Å². The number of carbonyl (C=O) groups excluding carboxylic acids is 2. The SMILES string of the molecule is CC(C)(CCCCNC(=O)NC(C)(C)C)CN(C[C@@H](O)[C@H](Cc1ccccc1)NC(=O)O[C@H]1CO[C@H]2OCC[C@H]21)S(=O)(=O)c1ccc2c(c1)OCO2. The van der Waals surface area contributed by atoms with Crippen molar-refractivity contribution in [3.63, 3.8) is 0 Å². The summed E-state index contributed by atoms with van der Waals surface area (Å²) < 4.78 is 57.8. The fourth-order valence-corrected chi connectivity index (χ4v) is 8.33. The number of unbranched alkanes of at least 4 members (excludes halogenated alkanes) is 1. The van der Waals surface area contributed by atoms with Crippen molar-refractivity contribution >= 4 is 22.1 Å². The molecule has 3 aliphatic heterocycles. The van der Waals surface area contributed by atoms with Crippen molar-refractivity contribution in [2.45, 2.75) is 102 Å². The molecule has 0 saturated carbocycles. The summed E-state index contributed by atoms with van der Waals surface area (Å²) in [5.74, 6) is 0.703. The molecule has 4 N–H and O–H groups in total. The average molecular weight is 747 g/mol. The van der Waals surface area contributed by atoms with E-state index in [0.29, 0.717) is 43.9 Å². The van der Waals surface area contributed by atoms with Gasteiger partial charge in [-0.25, -0.2) is 18.0 Å². The van der Waals surface area contributed by atoms with Crippen LogP contribution in [0.5, 0.6) is 11.5 Å². The van der Waals surface area contributed by atoms with Crippen LogP contribution in [0.15, 0.2) is 53.4 Å². The van der Waals surface area contributed by atoms with Crippen molar-refractivity contribution in [2.24, 2.45) is 11.3 Å². The summed E-state index contributed by atoms with van der Waals surface area (Å²) in [5.41, 5.74) is -0.0324. The zero-order valence-corrected chi connectivity index (χ0v) is 31.6. The number of aliphatic hydroxyl groups is 1. The van der Waals surface area contributed by atoms with Gasteiger partial charge in [0.15, 0.2) is 17.8 Å². The molecule has 15 heteroatoms. The summed E-state index contributed by atoms with van der Waals surface area (Å²) >= 11 is 0. The fraction of sp³-hybridized carbons (Fsp3) is 0.622. The third-order valence-corrected chi connectivity index (χ3v) is 11.1. The Morgan fingerprint density at radius 1 is 1.02 bits per heavy atom. The molecule has 288 valence electrons. The standard InChI is InChI=1S/C37H54N4O10S/c1-36(2,3)40-34(43)38-17-10-9-16-37(4,5)23-41(52(45,46)26-13-14-30-31(20-26)50-24-49-30)21-29(42)28(19-25-11-7-6-8-12-25)39-35(44)51-32-22-48-33-27(32)15-18-47-33/h6-8,11-14,20,27-29,32-33,42H,9-10,15-19,21-24H2,1-5H3,(H,39,44)(H2,38,40,43)/t27-,28-,29+,32-,33+/m0/s1. The van der Waals surface area contributed by atoms with E-state index in [1.807, 2.05) is 65.0 Å². The zero-order valence-electron chi connectivity index (χ0n) is 30.8. The largest absolute Gasteiger partial charge is 0.454 e. The van der Waals surface area contributed by atoms with Gasteiger partial charge in [-0.1, -0.05) is 50.6 Å². The predicted molar refractivity (Wildman–Crippen MR) is 192 cm³/mol. The van der Waals surface area contributed by atoms with Crippen molar-refractivity contribution in [1.29, 1.82) is 0 Å². The van der Waals surface area contributed by atoms with Crippen molar-refractivity contribution < 1.29 is 46.8 Å². The van der Waals surface area contributed by atoms with Gasteiger partial charge in [-0.15, -0.1) is 0 Å². The number of nitrogens with zero attached hydrogens (tertiary/aromatic N) is 1. The summed E-state index contributed by atoms with van der Waals surface area (Å²) in [4.78, 5) is 25.5. The molecule has 2 saturated heterocycles. The van der Waals surface area contributed by atoms with Gasteiger partial charge in [-0.2, -0.15) is 4.31 Å². The molecule has 2 aromatic carbocycles. The van der Waals surface area contributed by atoms with Crippen LogP contribution in [0.25, 0.3) is 0 Å². The lowest BCUT2D eigenvalue weighted by Crippen LogP contribution is -2.52. The smallest absolute Gasteiger partial charge is 0.407 e. The molecule has 3 aliphatic rings. The Hall–Kier alpha value is -3.63. The molecule has 0 bridgehead atoms. The summed E-state index contributed by atoms with van der Waals surface area (Å²) in [5, 5.41) is 20.4. The summed E-state index contributed by atoms with van der Waals surface area (Å²) in [6.07, 6.45) is 0.0756. The molecular formula is C37H54N4O10S. The van der Waals surface area contributed by atoms with Crippen molar-refractivity contribution in [2.75, 3.05) is 39.6 Å². The normalized spacial score (nSPS) is 21.0. The number of sulfonamides is 1. The summed E-state index contributed by atoms with van der Waals surface area (Å²) in [7, 11) is -4.18. The van der Waals surface area contributed by atoms with Crippen molar-refractivity contribution in [3.05, 3.63) is 54.1 Å². The Morgan fingerprint density at radius 3 is 2.52 bits per heavy atom. The molecule has 2 aromatic rings. The van der Waals surface area contributed by atoms with E-state index in [1.54, 1.807) is 6.07 Å². The van der Waals surface area contributed by atoms with Gasteiger partial charge in [-0.05, 0) is 69.6 Å². The number of hydrogen-bond donors (Lipinski definition) is 4. The number of ether oxygens (including phenoxy) is 5. The minimum absolute atomic E-state index is 0.00430. The Kier molecular flexibility index (Phi) is 12.9. The van der Waals surface area contributed by atoms with E-state index in [9.17, 15) is 23.1 Å². The maximum atomic E-state index is 14.4. The van der Waals surface area contributed by atoms with Gasteiger partial charge in [0.25, 0.3) is 0 Å². The van der Waals surface area contributed by atoms with Crippen LogP contribution in [0.4, 0.5) is 9.59 Å². The number of fused-ring (bicyclic) bond motifs is 2. The molecule has 2 fully saturated rings. The summed E-state index contributed by atoms with van der Waals surface area (Å²) in [6, 6.07) is 12.7. The highest BCUT2D eigenvalue weighted by Gasteiger charge is 2.44. The Labute approximate surface area is 306 Å². The highest BCUT2D eigenvalue weighted by Crippen LogP contribution is 2.36. The molecule has 52 heavy (non-hydrogen) atoms. The van der Waals surface area contributed by atoms with Gasteiger partial charge in [0, 0.05) is 31.2 Å². The first kappa shape index (κ1) is 39.6. The van der Waals surface area contributed by atoms with Gasteiger partial charge in [-0.3, -0.25) is 0 Å². The second kappa shape index (κ2) is 17.0. The molecule has 0 radical (unpaired) electrons. The molecule has 0 aliphatic carbocycles. The molecule has 3 amide bonds. The minimum Gasteiger partial charge on any atom is -0.454 e. The zero-order chi connectivity index (χ0) is 37.5. The van der Waals surface area contributed by atoms with Crippen LogP contribution in [0.3, 0.4) is 0 Å². The molecule has 5 rings (SSSR count). The molecule has 5 atom stereocenters. The molecule has 3 heterocycles. The highest BCUT2D eigenvalue weighted by atomic mass is 32.2. The maximum absolute atomic E-state index is 14.4. The summed E-state index contributed by atoms with van der Waals surface area (Å²) in [6.45, 7) is 10.6. The highest BCUT2D eigenvalue weighted by molar-refractivity contribution is 7.89. The first-order valence-electron chi connectivity index (χ1n) is 18.0. The van der Waals surface area contributed by atoms with E-state index in [4.69, 9.17) is 23.7 Å². The van der Waals surface area contributed by atoms with Gasteiger partial charge >= 0.3 is 12.1 Å². The third-order valence-electron chi connectivity index (χ3n) is 9.34. The van der Waals surface area contributed by atoms with E-state index in [2.05, 4.69) is 16.0 Å². The first-order chi connectivity index (χ1) is 24.6. The molecule has 14 nitrogen and oxygen atoms in total. The average Bonchev–Trinajstić information content (AvgIpc) is 3.82. The molecule has 0 aromatic heterocycles. The second-order valence-electron chi connectivity index (χ2n) is 15.5. The lowest BCUT2D eigenvalue weighted by atomic mass is 9.87. The van der Waals surface area contributed by atoms with Gasteiger partial charge < -0.3 is 44.7 Å². The van der Waals surface area contributed by atoms with Crippen molar-refractivity contribution in [1.82, 2.24) is 20.3 Å². The topological polar surface area (TPSA) is 174 Å². The number of alkyl carbamates (subject to hydrolysis) is 1. The predicted octanol–water partition coefficient (Wildman–Crippen LogP) is 4.16. The minimum atomic E-state index is -4.18. The number of urea groups is 1. The van der Waals surface area contributed by atoms with Crippen LogP contribution in [-0.2, 0) is 30.7 Å². The van der Waals surface area contributed by atoms with Gasteiger partial charge in [0.2, 0.25) is 16.8 Å². The van der Waals surface area contributed by atoms with Crippen LogP contribution >= 0.6 is 0 Å². The number of benzene rings is 2. The number of nitrogens with one attached hydrogen (secondary N) is 3. The van der Waals surface area contributed by atoms with E-state index in [-0.39, 0.29) is 55.3 Å². The molecule has 0 unspecified atom stereocenters. The lowest BCUT2D eigenvalue weighted by molar-refractivity contribution is -0.0907. The number of carbonyl (C=O) groups is 2. The van der Waals surface area contributed by atoms with E-state index in [0.717, 1.165) is 12.0 Å². The lowest BCUT2D eigenvalue weighted by Gasteiger charge is -2.35. The molecular weight excluding hydrogens is 692 g/mol. The quantitative estimate of drug-likeness (QED) is 0.183. The Bertz CT molecular complexity index is 1620. The fourth-order valence-electron chi connectivity index (χ4n) is 6.66. The third kappa shape index (κ3) is 10.9. The van der Waals surface area contributed by atoms with Crippen molar-refractivity contribution in [3.8, 4) is 11.5 Å². The molecule has 0 spiro atoms. The monoisotopic (exact) mass is 746 g/mol. The van der Waals surface area contributed by atoms with Crippen LogP contribution in [-0.4, -0.2) is 99.7 Å². The second-order valence-corrected chi connectivity index (χ2v) is 17.5. The van der Waals surface area contributed by atoms with Crippen LogP contribution in [0.1, 0.15) is 65.9 Å². The Balaban J connectivity index is 1.31. The number of aliphatic hydroxyl groups excluding tert-OH is 1. The van der Waals surface area contributed by atoms with Gasteiger partial charge in [0.1, 0.15) is 6.10 Å². The number of amides is 3. The first-order valence-corrected chi connectivity index (χ1v) is 19.4. The van der Waals surface area contributed by atoms with Crippen LogP contribution < -0.4 is 25.4 Å². The number of rotatable bonds is 16. The van der Waals surface area contributed by atoms with E-state index < -0.39 is 46.1 Å². The van der Waals surface area contributed by atoms with Gasteiger partial charge in [0.05, 0.1) is 36.2 Å². The van der Waals surface area contributed by atoms with Crippen LogP contribution in [0, 0.1) is 11.3 Å².